The first-order valence-electron chi connectivity index (χ1n) is 11.0. The maximum absolute atomic E-state index is 12.7. The van der Waals surface area contributed by atoms with Gasteiger partial charge in [0.2, 0.25) is 0 Å². The van der Waals surface area contributed by atoms with Crippen LogP contribution in [0.25, 0.3) is 6.08 Å². The van der Waals surface area contributed by atoms with Crippen LogP contribution in [0.15, 0.2) is 54.6 Å². The Morgan fingerprint density at radius 1 is 0.839 bits per heavy atom. The fourth-order valence-electron chi connectivity index (χ4n) is 3.08. The minimum Gasteiger partial charge on any atom is -0.494 e. The van der Waals surface area contributed by atoms with E-state index in [1.165, 1.54) is 6.08 Å². The first kappa shape index (κ1) is 24.4. The number of aliphatic hydroxyl groups is 1. The molecule has 0 heterocycles. The molecular weight excluding hydrogens is 392 g/mol. The summed E-state index contributed by atoms with van der Waals surface area (Å²) in [5, 5.41) is 8.76. The number of esters is 1. The molecule has 0 saturated carbocycles. The number of hydrogen-bond donors (Lipinski definition) is 1. The number of carbonyl (C=O) groups excluding carboxylic acids is 2. The Kier molecular flexibility index (Phi) is 11.1. The van der Waals surface area contributed by atoms with Crippen LogP contribution in [0.4, 0.5) is 0 Å². The van der Waals surface area contributed by atoms with Gasteiger partial charge in [0.05, 0.1) is 13.2 Å². The lowest BCUT2D eigenvalue weighted by Crippen LogP contribution is -2.02. The molecule has 0 unspecified atom stereocenters. The lowest BCUT2D eigenvalue weighted by Gasteiger charge is -2.07. The molecule has 0 aromatic heterocycles. The molecule has 5 heteroatoms. The van der Waals surface area contributed by atoms with E-state index < -0.39 is 0 Å². The van der Waals surface area contributed by atoms with Crippen LogP contribution in [0.1, 0.15) is 66.9 Å². The molecule has 0 saturated heterocycles. The molecule has 31 heavy (non-hydrogen) atoms. The maximum Gasteiger partial charge on any atom is 0.330 e. The van der Waals surface area contributed by atoms with E-state index in [0.29, 0.717) is 24.3 Å². The van der Waals surface area contributed by atoms with Gasteiger partial charge in [0.15, 0.2) is 5.78 Å². The highest BCUT2D eigenvalue weighted by atomic mass is 16.5. The molecule has 5 nitrogen and oxygen atoms in total. The highest BCUT2D eigenvalue weighted by Gasteiger charge is 2.09. The first-order valence-corrected chi connectivity index (χ1v) is 11.0. The van der Waals surface area contributed by atoms with Crippen molar-refractivity contribution in [2.75, 3.05) is 19.8 Å². The summed E-state index contributed by atoms with van der Waals surface area (Å²) in [6.07, 6.45) is 9.43. The average molecular weight is 425 g/mol. The molecule has 0 fully saturated rings. The predicted octanol–water partition coefficient (Wildman–Crippen LogP) is 5.21. The van der Waals surface area contributed by atoms with Crippen LogP contribution in [-0.2, 0) is 9.53 Å². The van der Waals surface area contributed by atoms with Gasteiger partial charge in [-0.05, 0) is 55.7 Å². The van der Waals surface area contributed by atoms with E-state index in [1.54, 1.807) is 49.4 Å². The number of unbranched alkanes of at least 4 members (excludes halogenated alkanes) is 5. The van der Waals surface area contributed by atoms with Crippen molar-refractivity contribution >= 4 is 17.8 Å². The molecule has 0 spiro atoms. The molecular formula is C26H32O5. The first-order chi connectivity index (χ1) is 15.1. The summed E-state index contributed by atoms with van der Waals surface area (Å²) < 4.78 is 10.6. The van der Waals surface area contributed by atoms with Crippen LogP contribution in [0, 0.1) is 0 Å². The summed E-state index contributed by atoms with van der Waals surface area (Å²) in [5.74, 6) is 0.314. The Bertz CT molecular complexity index is 822. The van der Waals surface area contributed by atoms with Crippen LogP contribution >= 0.6 is 0 Å². The van der Waals surface area contributed by atoms with Gasteiger partial charge in [-0.15, -0.1) is 0 Å². The van der Waals surface area contributed by atoms with E-state index in [4.69, 9.17) is 14.6 Å². The Hall–Kier alpha value is -2.92. The minimum atomic E-state index is -0.386. The molecule has 0 aliphatic rings. The summed E-state index contributed by atoms with van der Waals surface area (Å²) in [6.45, 7) is 3.04. The molecule has 0 bridgehead atoms. The molecule has 2 rings (SSSR count). The number of hydrogen-bond acceptors (Lipinski definition) is 5. The number of benzene rings is 2. The van der Waals surface area contributed by atoms with Crippen molar-refractivity contribution in [2.45, 2.75) is 45.4 Å². The van der Waals surface area contributed by atoms with Crippen molar-refractivity contribution in [3.05, 3.63) is 71.3 Å². The largest absolute Gasteiger partial charge is 0.494 e. The third-order valence-corrected chi connectivity index (χ3v) is 4.81. The summed E-state index contributed by atoms with van der Waals surface area (Å²) in [4.78, 5) is 24.0. The molecule has 166 valence electrons. The number of aliphatic hydroxyl groups excluding tert-OH is 1. The molecule has 2 aromatic rings. The third kappa shape index (κ3) is 9.18. The normalized spacial score (nSPS) is 10.9. The average Bonchev–Trinajstić information content (AvgIpc) is 2.80. The van der Waals surface area contributed by atoms with E-state index in [-0.39, 0.29) is 18.4 Å². The fraction of sp³-hybridized carbons (Fsp3) is 0.385. The van der Waals surface area contributed by atoms with E-state index in [9.17, 15) is 9.59 Å². The summed E-state index contributed by atoms with van der Waals surface area (Å²) in [7, 11) is 0. The standard InChI is InChI=1S/C26H32O5/c1-2-30-25(28)18-11-21-9-12-22(13-10-21)26(29)23-14-16-24(17-15-23)31-20-8-6-4-3-5-7-19-27/h9-18,27H,2-8,19-20H2,1H3/b18-11+. The Morgan fingerprint density at radius 2 is 1.42 bits per heavy atom. The predicted molar refractivity (Wildman–Crippen MR) is 122 cm³/mol. The van der Waals surface area contributed by atoms with Crippen molar-refractivity contribution in [1.82, 2.24) is 0 Å². The quantitative estimate of drug-likeness (QED) is 0.195. The maximum atomic E-state index is 12.7. The number of rotatable bonds is 14. The molecule has 0 aliphatic carbocycles. The fourth-order valence-corrected chi connectivity index (χ4v) is 3.08. The minimum absolute atomic E-state index is 0.0599. The molecule has 1 N–H and O–H groups in total. The number of ether oxygens (including phenoxy) is 2. The van der Waals surface area contributed by atoms with Crippen LogP contribution < -0.4 is 4.74 Å². The van der Waals surface area contributed by atoms with E-state index in [1.807, 2.05) is 12.1 Å². The van der Waals surface area contributed by atoms with Gasteiger partial charge in [0.1, 0.15) is 5.75 Å². The van der Waals surface area contributed by atoms with Gasteiger partial charge in [-0.25, -0.2) is 4.79 Å². The van der Waals surface area contributed by atoms with Crippen LogP contribution in [0.3, 0.4) is 0 Å². The second-order valence-electron chi connectivity index (χ2n) is 7.25. The summed E-state index contributed by atoms with van der Waals surface area (Å²) >= 11 is 0. The van der Waals surface area contributed by atoms with Gasteiger partial charge in [-0.3, -0.25) is 4.79 Å². The zero-order chi connectivity index (χ0) is 22.3. The van der Waals surface area contributed by atoms with Gasteiger partial charge in [-0.2, -0.15) is 0 Å². The monoisotopic (exact) mass is 424 g/mol. The van der Waals surface area contributed by atoms with Crippen LogP contribution in [-0.4, -0.2) is 36.7 Å². The van der Waals surface area contributed by atoms with Gasteiger partial charge < -0.3 is 14.6 Å². The number of carbonyl (C=O) groups is 2. The summed E-state index contributed by atoms with van der Waals surface area (Å²) in [5.41, 5.74) is 2.01. The molecule has 0 amide bonds. The van der Waals surface area contributed by atoms with Crippen LogP contribution in [0.5, 0.6) is 5.75 Å². The van der Waals surface area contributed by atoms with Crippen molar-refractivity contribution in [3.8, 4) is 5.75 Å². The van der Waals surface area contributed by atoms with E-state index in [2.05, 4.69) is 0 Å². The highest BCUT2D eigenvalue weighted by molar-refractivity contribution is 6.09. The Morgan fingerprint density at radius 3 is 2.03 bits per heavy atom. The zero-order valence-corrected chi connectivity index (χ0v) is 18.2. The highest BCUT2D eigenvalue weighted by Crippen LogP contribution is 2.17. The molecule has 0 atom stereocenters. The van der Waals surface area contributed by atoms with Crippen molar-refractivity contribution in [1.29, 1.82) is 0 Å². The Labute approximate surface area is 184 Å². The zero-order valence-electron chi connectivity index (χ0n) is 18.2. The van der Waals surface area contributed by atoms with Crippen molar-refractivity contribution < 1.29 is 24.2 Å². The molecule has 0 aliphatic heterocycles. The molecule has 2 aromatic carbocycles. The van der Waals surface area contributed by atoms with Crippen LogP contribution in [0.2, 0.25) is 0 Å². The van der Waals surface area contributed by atoms with E-state index in [0.717, 1.165) is 49.8 Å². The van der Waals surface area contributed by atoms with Gasteiger partial charge in [-0.1, -0.05) is 49.9 Å². The second-order valence-corrected chi connectivity index (χ2v) is 7.25. The van der Waals surface area contributed by atoms with E-state index >= 15 is 0 Å². The Balaban J connectivity index is 1.79. The lowest BCUT2D eigenvalue weighted by molar-refractivity contribution is -0.137. The smallest absolute Gasteiger partial charge is 0.330 e. The SMILES string of the molecule is CCOC(=O)/C=C/c1ccc(C(=O)c2ccc(OCCCCCCCCO)cc2)cc1. The van der Waals surface area contributed by atoms with Gasteiger partial charge in [0, 0.05) is 23.8 Å². The van der Waals surface area contributed by atoms with Gasteiger partial charge in [0.25, 0.3) is 0 Å². The van der Waals surface area contributed by atoms with Crippen molar-refractivity contribution in [3.63, 3.8) is 0 Å². The summed E-state index contributed by atoms with van der Waals surface area (Å²) in [6, 6.07) is 14.3. The van der Waals surface area contributed by atoms with Gasteiger partial charge >= 0.3 is 5.97 Å². The lowest BCUT2D eigenvalue weighted by atomic mass is 10.0. The second kappa shape index (κ2) is 14.1. The van der Waals surface area contributed by atoms with Crippen molar-refractivity contribution in [2.24, 2.45) is 0 Å². The topological polar surface area (TPSA) is 72.8 Å². The number of ketones is 1. The third-order valence-electron chi connectivity index (χ3n) is 4.81. The molecule has 0 radical (unpaired) electrons.